The van der Waals surface area contributed by atoms with Gasteiger partial charge >= 0.3 is 0 Å². The van der Waals surface area contributed by atoms with E-state index in [2.05, 4.69) is 15.4 Å². The minimum absolute atomic E-state index is 0.0167. The maximum Gasteiger partial charge on any atom is 0.272 e. The molecular formula is C24H24N6O4S. The van der Waals surface area contributed by atoms with Gasteiger partial charge in [0, 0.05) is 56.4 Å². The summed E-state index contributed by atoms with van der Waals surface area (Å²) in [6.07, 6.45) is 5.65. The van der Waals surface area contributed by atoms with Crippen molar-refractivity contribution in [3.05, 3.63) is 47.4 Å². The molecule has 3 aromatic heterocycles. The molecule has 5 heterocycles. The van der Waals surface area contributed by atoms with Gasteiger partial charge in [0.1, 0.15) is 23.1 Å². The number of para-hydroxylation sites is 1. The van der Waals surface area contributed by atoms with E-state index in [-0.39, 0.29) is 23.8 Å². The van der Waals surface area contributed by atoms with Gasteiger partial charge in [-0.15, -0.1) is 11.3 Å². The van der Waals surface area contributed by atoms with Crippen molar-refractivity contribution >= 4 is 44.9 Å². The maximum atomic E-state index is 13.0. The average molecular weight is 493 g/mol. The topological polar surface area (TPSA) is 111 Å². The summed E-state index contributed by atoms with van der Waals surface area (Å²) >= 11 is 1.50. The molecule has 35 heavy (non-hydrogen) atoms. The van der Waals surface area contributed by atoms with Crippen LogP contribution in [0.25, 0.3) is 15.9 Å². The average Bonchev–Trinajstić information content (AvgIpc) is 3.55. The molecule has 180 valence electrons. The number of aromatic nitrogens is 4. The molecule has 1 N–H and O–H groups in total. The van der Waals surface area contributed by atoms with E-state index in [0.29, 0.717) is 55.9 Å². The zero-order valence-electron chi connectivity index (χ0n) is 19.1. The maximum absolute atomic E-state index is 13.0. The molecule has 6 rings (SSSR count). The molecule has 0 saturated carbocycles. The largest absolute Gasteiger partial charge is 0.488 e. The van der Waals surface area contributed by atoms with Crippen molar-refractivity contribution in [2.24, 2.45) is 7.05 Å². The normalized spacial score (nSPS) is 19.5. The van der Waals surface area contributed by atoms with Crippen LogP contribution in [-0.4, -0.2) is 61.0 Å². The van der Waals surface area contributed by atoms with Crippen molar-refractivity contribution in [1.82, 2.24) is 29.4 Å². The van der Waals surface area contributed by atoms with Crippen LogP contribution in [-0.2, 0) is 16.6 Å². The minimum atomic E-state index is -0.459. The van der Waals surface area contributed by atoms with Gasteiger partial charge in [-0.1, -0.05) is 12.1 Å². The Balaban J connectivity index is 1.18. The van der Waals surface area contributed by atoms with Crippen LogP contribution in [0, 0.1) is 0 Å². The molecule has 3 amide bonds. The second-order valence-corrected chi connectivity index (χ2v) is 9.85. The lowest BCUT2D eigenvalue weighted by atomic mass is 9.93. The number of likely N-dealkylation sites (tertiary alicyclic amines) is 1. The van der Waals surface area contributed by atoms with Crippen LogP contribution < -0.4 is 10.1 Å². The van der Waals surface area contributed by atoms with Gasteiger partial charge in [0.2, 0.25) is 11.8 Å². The van der Waals surface area contributed by atoms with Crippen LogP contribution in [0.15, 0.2) is 36.0 Å². The van der Waals surface area contributed by atoms with E-state index in [0.717, 1.165) is 15.9 Å². The van der Waals surface area contributed by atoms with Gasteiger partial charge in [-0.3, -0.25) is 28.8 Å². The van der Waals surface area contributed by atoms with Gasteiger partial charge in [0.15, 0.2) is 4.96 Å². The Hall–Kier alpha value is -3.73. The smallest absolute Gasteiger partial charge is 0.272 e. The number of nitrogens with zero attached hydrogens (tertiary/aromatic N) is 5. The number of rotatable bonds is 4. The van der Waals surface area contributed by atoms with Gasteiger partial charge < -0.3 is 9.64 Å². The fraction of sp³-hybridized carbons (Fsp3) is 0.375. The monoisotopic (exact) mass is 492 g/mol. The number of carbonyl (C=O) groups is 3. The van der Waals surface area contributed by atoms with Crippen molar-refractivity contribution < 1.29 is 19.1 Å². The SMILES string of the molecule is Cn1nc(C2CCC(=O)NC2=O)c2cccc(OC3CCN(C(=O)c4cnc5sccn45)CC3)c21. The third kappa shape index (κ3) is 3.75. The molecule has 2 saturated heterocycles. The van der Waals surface area contributed by atoms with Crippen LogP contribution in [0.1, 0.15) is 47.8 Å². The number of aryl methyl sites for hydroxylation is 1. The molecule has 0 bridgehead atoms. The zero-order chi connectivity index (χ0) is 24.1. The van der Waals surface area contributed by atoms with Crippen LogP contribution in [0.2, 0.25) is 0 Å². The lowest BCUT2D eigenvalue weighted by Gasteiger charge is -2.32. The Kier molecular flexibility index (Phi) is 5.28. The summed E-state index contributed by atoms with van der Waals surface area (Å²) in [5, 5.41) is 9.82. The third-order valence-corrected chi connectivity index (χ3v) is 7.58. The van der Waals surface area contributed by atoms with Gasteiger partial charge in [0.25, 0.3) is 5.91 Å². The highest BCUT2D eigenvalue weighted by molar-refractivity contribution is 7.15. The Morgan fingerprint density at radius 1 is 1.20 bits per heavy atom. The van der Waals surface area contributed by atoms with Crippen molar-refractivity contribution in [1.29, 1.82) is 0 Å². The van der Waals surface area contributed by atoms with Gasteiger partial charge in [0.05, 0.1) is 17.8 Å². The molecule has 0 spiro atoms. The van der Waals surface area contributed by atoms with Crippen molar-refractivity contribution in [2.45, 2.75) is 37.7 Å². The first kappa shape index (κ1) is 21.8. The molecule has 2 fully saturated rings. The molecule has 10 nitrogen and oxygen atoms in total. The minimum Gasteiger partial charge on any atom is -0.488 e. The summed E-state index contributed by atoms with van der Waals surface area (Å²) in [6.45, 7) is 1.20. The molecule has 1 unspecified atom stereocenters. The fourth-order valence-corrected chi connectivity index (χ4v) is 5.73. The van der Waals surface area contributed by atoms with Crippen LogP contribution >= 0.6 is 11.3 Å². The van der Waals surface area contributed by atoms with Crippen molar-refractivity contribution in [3.63, 3.8) is 0 Å². The summed E-state index contributed by atoms with van der Waals surface area (Å²) in [7, 11) is 1.84. The second-order valence-electron chi connectivity index (χ2n) is 8.97. The van der Waals surface area contributed by atoms with Crippen molar-refractivity contribution in [3.8, 4) is 5.75 Å². The number of carbonyl (C=O) groups excluding carboxylic acids is 3. The lowest BCUT2D eigenvalue weighted by Crippen LogP contribution is -2.42. The number of piperidine rings is 2. The highest BCUT2D eigenvalue weighted by Crippen LogP contribution is 2.35. The van der Waals surface area contributed by atoms with Crippen molar-refractivity contribution in [2.75, 3.05) is 13.1 Å². The number of amides is 3. The molecule has 1 aromatic carbocycles. The first-order valence-corrected chi connectivity index (χ1v) is 12.5. The van der Waals surface area contributed by atoms with Gasteiger partial charge in [-0.05, 0) is 12.5 Å². The standard InChI is InChI=1S/C24H24N6O4S/c1-28-21-15(20(27-28)16-5-6-19(31)26-22(16)32)3-2-4-18(21)34-14-7-9-29(10-8-14)23(33)17-13-25-24-30(17)11-12-35-24/h2-4,11-14,16H,5-10H2,1H3,(H,26,31,32). The number of benzene rings is 1. The van der Waals surface area contributed by atoms with Crippen LogP contribution in [0.4, 0.5) is 0 Å². The molecule has 0 radical (unpaired) electrons. The predicted octanol–water partition coefficient (Wildman–Crippen LogP) is 2.49. The molecular weight excluding hydrogens is 468 g/mol. The van der Waals surface area contributed by atoms with Crippen LogP contribution in [0.5, 0.6) is 5.75 Å². The predicted molar refractivity (Wildman–Crippen MR) is 128 cm³/mol. The molecule has 2 aliphatic heterocycles. The summed E-state index contributed by atoms with van der Waals surface area (Å²) in [6, 6.07) is 5.75. The number of imidazole rings is 1. The fourth-order valence-electron chi connectivity index (χ4n) is 5.04. The van der Waals surface area contributed by atoms with E-state index in [9.17, 15) is 14.4 Å². The van der Waals surface area contributed by atoms with E-state index in [1.54, 1.807) is 10.9 Å². The number of hydrogen-bond acceptors (Lipinski definition) is 7. The van der Waals surface area contributed by atoms with E-state index in [1.165, 1.54) is 11.3 Å². The number of ether oxygens (including phenoxy) is 1. The molecule has 4 aromatic rings. The summed E-state index contributed by atoms with van der Waals surface area (Å²) in [5.41, 5.74) is 2.07. The quantitative estimate of drug-likeness (QED) is 0.438. The lowest BCUT2D eigenvalue weighted by molar-refractivity contribution is -0.134. The van der Waals surface area contributed by atoms with E-state index in [4.69, 9.17) is 4.74 Å². The number of thiazole rings is 1. The first-order chi connectivity index (χ1) is 17.0. The third-order valence-electron chi connectivity index (χ3n) is 6.81. The number of hydrogen-bond donors (Lipinski definition) is 1. The van der Waals surface area contributed by atoms with E-state index >= 15 is 0 Å². The highest BCUT2D eigenvalue weighted by Gasteiger charge is 2.33. The molecule has 2 aliphatic rings. The highest BCUT2D eigenvalue weighted by atomic mass is 32.1. The van der Waals surface area contributed by atoms with E-state index in [1.807, 2.05) is 46.1 Å². The van der Waals surface area contributed by atoms with Gasteiger partial charge in [-0.25, -0.2) is 4.98 Å². The van der Waals surface area contributed by atoms with Crippen LogP contribution in [0.3, 0.4) is 0 Å². The summed E-state index contributed by atoms with van der Waals surface area (Å²) < 4.78 is 9.98. The molecule has 11 heteroatoms. The summed E-state index contributed by atoms with van der Waals surface area (Å²) in [4.78, 5) is 44.0. The zero-order valence-corrected chi connectivity index (χ0v) is 20.0. The summed E-state index contributed by atoms with van der Waals surface area (Å²) in [5.74, 6) is -0.316. The molecule has 1 atom stereocenters. The van der Waals surface area contributed by atoms with Gasteiger partial charge in [-0.2, -0.15) is 5.10 Å². The Bertz CT molecular complexity index is 1460. The Morgan fingerprint density at radius 2 is 2.03 bits per heavy atom. The number of imide groups is 1. The first-order valence-electron chi connectivity index (χ1n) is 11.7. The van der Waals surface area contributed by atoms with E-state index < -0.39 is 5.92 Å². The number of nitrogens with one attached hydrogen (secondary N) is 1. The molecule has 0 aliphatic carbocycles. The Morgan fingerprint density at radius 3 is 2.83 bits per heavy atom. The number of fused-ring (bicyclic) bond motifs is 2. The second kappa shape index (κ2) is 8.49. The Labute approximate surface area is 204 Å².